The number of nitrogens with one attached hydrogen (secondary N) is 1. The van der Waals surface area contributed by atoms with Gasteiger partial charge in [-0.15, -0.1) is 0 Å². The Hall–Kier alpha value is -0.0800. The summed E-state index contributed by atoms with van der Waals surface area (Å²) in [4.78, 5) is 0. The molecule has 0 bridgehead atoms. The molecule has 1 saturated carbocycles. The van der Waals surface area contributed by atoms with Crippen LogP contribution < -0.4 is 5.32 Å². The predicted octanol–water partition coefficient (Wildman–Crippen LogP) is 2.83. The zero-order valence-electron chi connectivity index (χ0n) is 11.3. The van der Waals surface area contributed by atoms with Crippen molar-refractivity contribution in [2.75, 3.05) is 13.2 Å². The second-order valence-corrected chi connectivity index (χ2v) is 6.87. The molecule has 16 heavy (non-hydrogen) atoms. The molecule has 2 rings (SSSR count). The van der Waals surface area contributed by atoms with Crippen LogP contribution in [-0.4, -0.2) is 25.3 Å². The highest BCUT2D eigenvalue weighted by Gasteiger charge is 2.37. The van der Waals surface area contributed by atoms with Crippen LogP contribution >= 0.6 is 0 Å². The van der Waals surface area contributed by atoms with Crippen molar-refractivity contribution in [1.82, 2.24) is 5.32 Å². The van der Waals surface area contributed by atoms with E-state index in [-0.39, 0.29) is 0 Å². The maximum atomic E-state index is 6.02. The topological polar surface area (TPSA) is 21.3 Å². The molecule has 4 unspecified atom stereocenters. The van der Waals surface area contributed by atoms with E-state index in [1.54, 1.807) is 0 Å². The molecule has 0 spiro atoms. The molecule has 94 valence electrons. The Bertz CT molecular complexity index is 233. The third kappa shape index (κ3) is 2.78. The maximum Gasteiger partial charge on any atom is 0.0728 e. The zero-order valence-corrected chi connectivity index (χ0v) is 11.3. The fraction of sp³-hybridized carbons (Fsp3) is 1.00. The molecule has 1 aliphatic heterocycles. The molecule has 0 amide bonds. The molecule has 1 heterocycles. The van der Waals surface area contributed by atoms with Gasteiger partial charge in [-0.3, -0.25) is 0 Å². The predicted molar refractivity (Wildman–Crippen MR) is 67.5 cm³/mol. The van der Waals surface area contributed by atoms with Crippen molar-refractivity contribution in [3.63, 3.8) is 0 Å². The molecule has 0 radical (unpaired) electrons. The van der Waals surface area contributed by atoms with E-state index in [1.807, 2.05) is 0 Å². The van der Waals surface area contributed by atoms with Gasteiger partial charge in [0.1, 0.15) is 0 Å². The van der Waals surface area contributed by atoms with Crippen molar-refractivity contribution in [3.8, 4) is 0 Å². The van der Waals surface area contributed by atoms with E-state index in [0.29, 0.717) is 23.5 Å². The average molecular weight is 225 g/mol. The van der Waals surface area contributed by atoms with Crippen molar-refractivity contribution >= 4 is 0 Å². The van der Waals surface area contributed by atoms with Crippen molar-refractivity contribution in [2.24, 2.45) is 17.3 Å². The Morgan fingerprint density at radius 3 is 2.62 bits per heavy atom. The summed E-state index contributed by atoms with van der Waals surface area (Å²) in [6.07, 6.45) is 4.34. The maximum absolute atomic E-state index is 6.02. The largest absolute Gasteiger partial charge is 0.376 e. The molecule has 2 heteroatoms. The third-order valence-corrected chi connectivity index (χ3v) is 4.33. The van der Waals surface area contributed by atoms with Crippen LogP contribution in [0.15, 0.2) is 0 Å². The molecule has 2 aliphatic rings. The number of ether oxygens (including phenoxy) is 1. The minimum absolute atomic E-state index is 0.449. The van der Waals surface area contributed by atoms with Crippen LogP contribution in [0.1, 0.15) is 47.0 Å². The van der Waals surface area contributed by atoms with E-state index in [0.717, 1.165) is 19.1 Å². The first-order valence-corrected chi connectivity index (χ1v) is 6.82. The SMILES string of the molecule is CC1CNC2CC(C(C)(C)C)CCC2OC1. The first-order valence-electron chi connectivity index (χ1n) is 6.82. The van der Waals surface area contributed by atoms with Crippen LogP contribution in [-0.2, 0) is 4.74 Å². The minimum Gasteiger partial charge on any atom is -0.376 e. The summed E-state index contributed by atoms with van der Waals surface area (Å²) in [5.74, 6) is 1.51. The van der Waals surface area contributed by atoms with Gasteiger partial charge in [-0.1, -0.05) is 27.7 Å². The molecule has 0 aromatic rings. The van der Waals surface area contributed by atoms with Gasteiger partial charge in [-0.2, -0.15) is 0 Å². The van der Waals surface area contributed by atoms with E-state index in [9.17, 15) is 0 Å². The Balaban J connectivity index is 1.97. The highest BCUT2D eigenvalue weighted by molar-refractivity contribution is 4.91. The van der Waals surface area contributed by atoms with Crippen molar-refractivity contribution in [3.05, 3.63) is 0 Å². The lowest BCUT2D eigenvalue weighted by Crippen LogP contribution is -2.46. The van der Waals surface area contributed by atoms with Crippen LogP contribution in [0.5, 0.6) is 0 Å². The summed E-state index contributed by atoms with van der Waals surface area (Å²) in [7, 11) is 0. The van der Waals surface area contributed by atoms with Gasteiger partial charge in [0.05, 0.1) is 12.7 Å². The molecule has 4 atom stereocenters. The summed E-state index contributed by atoms with van der Waals surface area (Å²) in [5.41, 5.74) is 0.449. The summed E-state index contributed by atoms with van der Waals surface area (Å²) < 4.78 is 6.02. The lowest BCUT2D eigenvalue weighted by molar-refractivity contribution is -0.0125. The Kier molecular flexibility index (Phi) is 3.60. The van der Waals surface area contributed by atoms with Gasteiger partial charge in [0, 0.05) is 12.6 Å². The van der Waals surface area contributed by atoms with Gasteiger partial charge in [-0.25, -0.2) is 0 Å². The van der Waals surface area contributed by atoms with Crippen LogP contribution in [0.3, 0.4) is 0 Å². The summed E-state index contributed by atoms with van der Waals surface area (Å²) in [5, 5.41) is 3.71. The molecule has 2 fully saturated rings. The molecule has 0 aromatic heterocycles. The molecule has 0 aromatic carbocycles. The van der Waals surface area contributed by atoms with Gasteiger partial charge in [0.25, 0.3) is 0 Å². The molecule has 1 N–H and O–H groups in total. The number of hydrogen-bond donors (Lipinski definition) is 1. The van der Waals surface area contributed by atoms with E-state index in [4.69, 9.17) is 4.74 Å². The molecular weight excluding hydrogens is 198 g/mol. The van der Waals surface area contributed by atoms with Crippen LogP contribution in [0.25, 0.3) is 0 Å². The lowest BCUT2D eigenvalue weighted by atomic mass is 9.70. The smallest absolute Gasteiger partial charge is 0.0728 e. The molecule has 2 nitrogen and oxygen atoms in total. The fourth-order valence-electron chi connectivity index (χ4n) is 3.04. The average Bonchev–Trinajstić information content (AvgIpc) is 2.39. The molecule has 1 aliphatic carbocycles. The van der Waals surface area contributed by atoms with E-state index >= 15 is 0 Å². The van der Waals surface area contributed by atoms with Gasteiger partial charge >= 0.3 is 0 Å². The van der Waals surface area contributed by atoms with Crippen LogP contribution in [0.2, 0.25) is 0 Å². The Labute approximate surface area is 100 Å². The third-order valence-electron chi connectivity index (χ3n) is 4.33. The van der Waals surface area contributed by atoms with Gasteiger partial charge < -0.3 is 10.1 Å². The van der Waals surface area contributed by atoms with Crippen molar-refractivity contribution in [1.29, 1.82) is 0 Å². The standard InChI is InChI=1S/C14H27NO/c1-10-8-15-12-7-11(14(2,3)4)5-6-13(12)16-9-10/h10-13,15H,5-9H2,1-4H3. The van der Waals surface area contributed by atoms with Crippen LogP contribution in [0, 0.1) is 17.3 Å². The fourth-order valence-corrected chi connectivity index (χ4v) is 3.04. The number of rotatable bonds is 0. The summed E-state index contributed by atoms with van der Waals surface area (Å²) in [6, 6.07) is 0.600. The second-order valence-electron chi connectivity index (χ2n) is 6.87. The second kappa shape index (κ2) is 4.66. The number of hydrogen-bond acceptors (Lipinski definition) is 2. The van der Waals surface area contributed by atoms with Gasteiger partial charge in [0.2, 0.25) is 0 Å². The summed E-state index contributed by atoms with van der Waals surface area (Å²) >= 11 is 0. The summed E-state index contributed by atoms with van der Waals surface area (Å²) in [6.45, 7) is 11.5. The van der Waals surface area contributed by atoms with Crippen LogP contribution in [0.4, 0.5) is 0 Å². The zero-order chi connectivity index (χ0) is 11.8. The quantitative estimate of drug-likeness (QED) is 0.684. The monoisotopic (exact) mass is 225 g/mol. The van der Waals surface area contributed by atoms with E-state index in [1.165, 1.54) is 19.3 Å². The Morgan fingerprint density at radius 2 is 1.94 bits per heavy atom. The molecular formula is C14H27NO. The Morgan fingerprint density at radius 1 is 1.19 bits per heavy atom. The van der Waals surface area contributed by atoms with Crippen molar-refractivity contribution < 1.29 is 4.74 Å². The highest BCUT2D eigenvalue weighted by atomic mass is 16.5. The first kappa shape index (κ1) is 12.4. The number of fused-ring (bicyclic) bond motifs is 1. The van der Waals surface area contributed by atoms with Gasteiger partial charge in [0.15, 0.2) is 0 Å². The van der Waals surface area contributed by atoms with Gasteiger partial charge in [-0.05, 0) is 36.5 Å². The van der Waals surface area contributed by atoms with Crippen molar-refractivity contribution in [2.45, 2.75) is 59.1 Å². The lowest BCUT2D eigenvalue weighted by Gasteiger charge is -2.41. The molecule has 1 saturated heterocycles. The normalized spacial score (nSPS) is 41.2. The van der Waals surface area contributed by atoms with E-state index < -0.39 is 0 Å². The highest BCUT2D eigenvalue weighted by Crippen LogP contribution is 2.39. The first-order chi connectivity index (χ1) is 7.47. The van der Waals surface area contributed by atoms with E-state index in [2.05, 4.69) is 33.0 Å². The minimum atomic E-state index is 0.449.